The molecular weight excluding hydrogens is 312 g/mol. The summed E-state index contributed by atoms with van der Waals surface area (Å²) in [7, 11) is -1.40. The highest BCUT2D eigenvalue weighted by Gasteiger charge is 2.27. The van der Waals surface area contributed by atoms with Crippen molar-refractivity contribution in [1.29, 1.82) is 0 Å². The number of pyridine rings is 1. The second kappa shape index (κ2) is 7.15. The molecule has 7 heteroatoms. The van der Waals surface area contributed by atoms with Crippen molar-refractivity contribution < 1.29 is 8.42 Å². The lowest BCUT2D eigenvalue weighted by atomic mass is 10.2. The average molecular weight is 338 g/mol. The highest BCUT2D eigenvalue weighted by Crippen LogP contribution is 2.21. The predicted molar refractivity (Wildman–Crippen MR) is 91.2 cm³/mol. The van der Waals surface area contributed by atoms with E-state index in [1.165, 1.54) is 31.9 Å². The zero-order chi connectivity index (χ0) is 16.3. The number of likely N-dealkylation sites (N-methyl/N-ethyl adjacent to an activating group) is 1. The summed E-state index contributed by atoms with van der Waals surface area (Å²) in [5.74, 6) is 0.893. The van der Waals surface area contributed by atoms with E-state index in [1.54, 1.807) is 10.4 Å². The lowest BCUT2D eigenvalue weighted by Crippen LogP contribution is -2.47. The molecule has 0 aromatic carbocycles. The fraction of sp³-hybridized carbons (Fsp3) is 0.688. The summed E-state index contributed by atoms with van der Waals surface area (Å²) < 4.78 is 26.9. The Morgan fingerprint density at radius 1 is 0.913 bits per heavy atom. The summed E-state index contributed by atoms with van der Waals surface area (Å²) in [4.78, 5) is 9.14. The van der Waals surface area contributed by atoms with Gasteiger partial charge in [0.1, 0.15) is 10.7 Å². The van der Waals surface area contributed by atoms with E-state index in [1.807, 2.05) is 13.1 Å². The second-order valence-electron chi connectivity index (χ2n) is 6.46. The highest BCUT2D eigenvalue weighted by molar-refractivity contribution is 7.89. The molecule has 128 valence electrons. The van der Waals surface area contributed by atoms with Gasteiger partial charge in [0.2, 0.25) is 10.0 Å². The number of hydrogen-bond donors (Lipinski definition) is 0. The summed E-state index contributed by atoms with van der Waals surface area (Å²) in [5, 5.41) is 0. The fourth-order valence-electron chi connectivity index (χ4n) is 3.19. The number of anilines is 1. The van der Waals surface area contributed by atoms with Crippen LogP contribution in [0.4, 0.5) is 5.82 Å². The third-order valence-electron chi connectivity index (χ3n) is 4.75. The standard InChI is InChI=1S/C16H26N4O2S/c1-18-10-12-20(13-11-18)23(21,22)15-6-7-16(17-14-15)19-8-4-2-3-5-9-19/h6-7,14H,2-5,8-13H2,1H3. The highest BCUT2D eigenvalue weighted by atomic mass is 32.2. The Kier molecular flexibility index (Phi) is 5.18. The third-order valence-corrected chi connectivity index (χ3v) is 6.63. The maximum Gasteiger partial charge on any atom is 0.244 e. The van der Waals surface area contributed by atoms with Gasteiger partial charge in [-0.25, -0.2) is 13.4 Å². The van der Waals surface area contributed by atoms with Crippen LogP contribution in [0.15, 0.2) is 23.2 Å². The van der Waals surface area contributed by atoms with Crippen molar-refractivity contribution in [3.05, 3.63) is 18.3 Å². The van der Waals surface area contributed by atoms with Gasteiger partial charge in [0.25, 0.3) is 0 Å². The first-order valence-corrected chi connectivity index (χ1v) is 9.91. The van der Waals surface area contributed by atoms with Gasteiger partial charge in [-0.1, -0.05) is 12.8 Å². The first-order chi connectivity index (χ1) is 11.1. The van der Waals surface area contributed by atoms with Gasteiger partial charge >= 0.3 is 0 Å². The predicted octanol–water partition coefficient (Wildman–Crippen LogP) is 1.40. The molecule has 0 atom stereocenters. The third kappa shape index (κ3) is 3.84. The second-order valence-corrected chi connectivity index (χ2v) is 8.40. The van der Waals surface area contributed by atoms with E-state index in [9.17, 15) is 8.42 Å². The molecule has 0 N–H and O–H groups in total. The molecule has 0 amide bonds. The van der Waals surface area contributed by atoms with Crippen molar-refractivity contribution in [2.45, 2.75) is 30.6 Å². The van der Waals surface area contributed by atoms with E-state index in [4.69, 9.17) is 0 Å². The zero-order valence-electron chi connectivity index (χ0n) is 13.8. The minimum Gasteiger partial charge on any atom is -0.357 e. The largest absolute Gasteiger partial charge is 0.357 e. The van der Waals surface area contributed by atoms with Gasteiger partial charge in [-0.2, -0.15) is 4.31 Å². The van der Waals surface area contributed by atoms with Gasteiger partial charge in [-0.05, 0) is 32.0 Å². The molecule has 0 aliphatic carbocycles. The Bertz CT molecular complexity index is 601. The van der Waals surface area contributed by atoms with Crippen LogP contribution in [0.3, 0.4) is 0 Å². The zero-order valence-corrected chi connectivity index (χ0v) is 14.6. The van der Waals surface area contributed by atoms with Crippen LogP contribution >= 0.6 is 0 Å². The molecule has 0 saturated carbocycles. The molecule has 3 rings (SSSR count). The maximum atomic E-state index is 12.7. The van der Waals surface area contributed by atoms with Crippen molar-refractivity contribution in [1.82, 2.24) is 14.2 Å². The monoisotopic (exact) mass is 338 g/mol. The lowest BCUT2D eigenvalue weighted by Gasteiger charge is -2.31. The molecule has 0 spiro atoms. The van der Waals surface area contributed by atoms with E-state index < -0.39 is 10.0 Å². The van der Waals surface area contributed by atoms with E-state index in [0.29, 0.717) is 18.0 Å². The molecule has 3 heterocycles. The summed E-state index contributed by atoms with van der Waals surface area (Å²) in [5.41, 5.74) is 0. The Morgan fingerprint density at radius 2 is 1.57 bits per heavy atom. The quantitative estimate of drug-likeness (QED) is 0.834. The molecule has 2 aliphatic rings. The van der Waals surface area contributed by atoms with Gasteiger partial charge in [-0.15, -0.1) is 0 Å². The van der Waals surface area contributed by atoms with Crippen molar-refractivity contribution >= 4 is 15.8 Å². The number of hydrogen-bond acceptors (Lipinski definition) is 5. The number of piperazine rings is 1. The molecule has 2 fully saturated rings. The molecule has 0 unspecified atom stereocenters. The van der Waals surface area contributed by atoms with Gasteiger partial charge in [0.15, 0.2) is 0 Å². The van der Waals surface area contributed by atoms with E-state index in [2.05, 4.69) is 14.8 Å². The van der Waals surface area contributed by atoms with Gasteiger partial charge in [0, 0.05) is 45.5 Å². The maximum absolute atomic E-state index is 12.7. The van der Waals surface area contributed by atoms with Crippen LogP contribution in [0.1, 0.15) is 25.7 Å². The Hall–Kier alpha value is -1.18. The van der Waals surface area contributed by atoms with Gasteiger partial charge in [0.05, 0.1) is 0 Å². The van der Waals surface area contributed by atoms with E-state index in [-0.39, 0.29) is 0 Å². The van der Waals surface area contributed by atoms with E-state index >= 15 is 0 Å². The van der Waals surface area contributed by atoms with Crippen molar-refractivity contribution in [2.24, 2.45) is 0 Å². The minimum absolute atomic E-state index is 0.306. The topological polar surface area (TPSA) is 56.8 Å². The molecule has 6 nitrogen and oxygen atoms in total. The molecule has 23 heavy (non-hydrogen) atoms. The summed E-state index contributed by atoms with van der Waals surface area (Å²) in [6, 6.07) is 3.56. The van der Waals surface area contributed by atoms with Crippen LogP contribution in [0, 0.1) is 0 Å². The lowest BCUT2D eigenvalue weighted by molar-refractivity contribution is 0.222. The van der Waals surface area contributed by atoms with Gasteiger partial charge in [-0.3, -0.25) is 0 Å². The smallest absolute Gasteiger partial charge is 0.244 e. The van der Waals surface area contributed by atoms with Gasteiger partial charge < -0.3 is 9.80 Å². The fourth-order valence-corrected chi connectivity index (χ4v) is 4.56. The van der Waals surface area contributed by atoms with Crippen LogP contribution < -0.4 is 4.90 Å². The van der Waals surface area contributed by atoms with Crippen molar-refractivity contribution in [2.75, 3.05) is 51.2 Å². The molecule has 1 aromatic rings. The first kappa shape index (κ1) is 16.7. The molecule has 2 saturated heterocycles. The number of rotatable bonds is 3. The van der Waals surface area contributed by atoms with Crippen LogP contribution in [0.2, 0.25) is 0 Å². The number of nitrogens with zero attached hydrogens (tertiary/aromatic N) is 4. The summed E-state index contributed by atoms with van der Waals surface area (Å²) in [6.45, 7) is 4.67. The molecule has 0 bridgehead atoms. The van der Waals surface area contributed by atoms with Crippen molar-refractivity contribution in [3.8, 4) is 0 Å². The molecular formula is C16H26N4O2S. The van der Waals surface area contributed by atoms with Crippen LogP contribution in [-0.2, 0) is 10.0 Å². The first-order valence-electron chi connectivity index (χ1n) is 8.47. The minimum atomic E-state index is -3.41. The van der Waals surface area contributed by atoms with Crippen LogP contribution in [0.25, 0.3) is 0 Å². The van der Waals surface area contributed by atoms with Crippen molar-refractivity contribution in [3.63, 3.8) is 0 Å². The SMILES string of the molecule is CN1CCN(S(=O)(=O)c2ccc(N3CCCCCC3)nc2)CC1. The molecule has 1 aromatic heterocycles. The van der Waals surface area contributed by atoms with Crippen LogP contribution in [-0.4, -0.2) is 68.9 Å². The molecule has 0 radical (unpaired) electrons. The average Bonchev–Trinajstić information content (AvgIpc) is 2.85. The Labute approximate surface area is 139 Å². The molecule has 2 aliphatic heterocycles. The Balaban J connectivity index is 1.73. The summed E-state index contributed by atoms with van der Waals surface area (Å²) >= 11 is 0. The Morgan fingerprint density at radius 3 is 2.13 bits per heavy atom. The normalized spacial score (nSPS) is 22.0. The summed E-state index contributed by atoms with van der Waals surface area (Å²) in [6.07, 6.45) is 6.43. The van der Waals surface area contributed by atoms with E-state index in [0.717, 1.165) is 32.0 Å². The number of sulfonamides is 1. The number of aromatic nitrogens is 1. The van der Waals surface area contributed by atoms with Crippen LogP contribution in [0.5, 0.6) is 0 Å².